The second-order valence-electron chi connectivity index (χ2n) is 7.21. The number of carbonyl (C=O) groups excluding carboxylic acids is 1. The van der Waals surface area contributed by atoms with E-state index in [1.807, 2.05) is 12.1 Å². The molecule has 1 aromatic carbocycles. The van der Waals surface area contributed by atoms with Gasteiger partial charge in [0.2, 0.25) is 0 Å². The molecule has 4 rings (SSSR count). The first-order valence-corrected chi connectivity index (χ1v) is 9.81. The predicted octanol–water partition coefficient (Wildman–Crippen LogP) is 1.53. The van der Waals surface area contributed by atoms with Gasteiger partial charge in [-0.2, -0.15) is 5.10 Å². The van der Waals surface area contributed by atoms with Gasteiger partial charge in [-0.3, -0.25) is 14.3 Å². The van der Waals surface area contributed by atoms with Crippen LogP contribution in [0.2, 0.25) is 0 Å². The van der Waals surface area contributed by atoms with Gasteiger partial charge in [-0.1, -0.05) is 12.1 Å². The van der Waals surface area contributed by atoms with E-state index < -0.39 is 5.82 Å². The molecule has 9 heteroatoms. The third-order valence-corrected chi connectivity index (χ3v) is 5.00. The van der Waals surface area contributed by atoms with Crippen molar-refractivity contribution in [3.63, 3.8) is 0 Å². The van der Waals surface area contributed by atoms with E-state index in [0.717, 1.165) is 11.4 Å². The smallest absolute Gasteiger partial charge is 0.346 e. The van der Waals surface area contributed by atoms with Crippen LogP contribution in [0.1, 0.15) is 24.2 Å². The number of halogens is 1. The number of ether oxygens (including phenoxy) is 1. The minimum atomic E-state index is -0.416. The van der Waals surface area contributed by atoms with Crippen LogP contribution < -0.4 is 15.7 Å². The molecular formula is C21H22FN5O3. The topological polar surface area (TPSA) is 91.0 Å². The lowest BCUT2D eigenvalue weighted by molar-refractivity contribution is -0.123. The number of rotatable bonds is 6. The summed E-state index contributed by atoms with van der Waals surface area (Å²) in [6, 6.07) is 9.31. The Balaban J connectivity index is 1.32. The minimum Gasteiger partial charge on any atom is -0.484 e. The lowest BCUT2D eigenvalue weighted by atomic mass is 10.1. The molecule has 0 saturated heterocycles. The lowest BCUT2D eigenvalue weighted by Gasteiger charge is -2.16. The Morgan fingerprint density at radius 1 is 1.27 bits per heavy atom. The Labute approximate surface area is 172 Å². The summed E-state index contributed by atoms with van der Waals surface area (Å²) in [5, 5.41) is 7.40. The van der Waals surface area contributed by atoms with Gasteiger partial charge in [-0.25, -0.2) is 13.9 Å². The summed E-state index contributed by atoms with van der Waals surface area (Å²) in [6.07, 6.45) is 5.29. The molecule has 2 aromatic heterocycles. The van der Waals surface area contributed by atoms with Crippen molar-refractivity contribution in [2.24, 2.45) is 0 Å². The molecule has 1 N–H and O–H groups in total. The number of carbonyl (C=O) groups is 1. The Hall–Kier alpha value is -3.49. The molecule has 3 aromatic rings. The van der Waals surface area contributed by atoms with Gasteiger partial charge >= 0.3 is 5.69 Å². The highest BCUT2D eigenvalue weighted by atomic mass is 19.1. The zero-order valence-corrected chi connectivity index (χ0v) is 16.3. The second kappa shape index (κ2) is 8.89. The summed E-state index contributed by atoms with van der Waals surface area (Å²) in [5.74, 6) is 0.329. The van der Waals surface area contributed by atoms with Crippen LogP contribution in [0.25, 0.3) is 0 Å². The minimum absolute atomic E-state index is 0.0820. The number of hydrogen-bond acceptors (Lipinski definition) is 5. The normalized spacial score (nSPS) is 15.8. The van der Waals surface area contributed by atoms with Crippen molar-refractivity contribution in [3.8, 4) is 5.75 Å². The van der Waals surface area contributed by atoms with Crippen molar-refractivity contribution < 1.29 is 13.9 Å². The second-order valence-corrected chi connectivity index (χ2v) is 7.21. The van der Waals surface area contributed by atoms with Crippen molar-refractivity contribution >= 4 is 5.91 Å². The summed E-state index contributed by atoms with van der Waals surface area (Å²) >= 11 is 0. The van der Waals surface area contributed by atoms with E-state index >= 15 is 0 Å². The molecule has 0 bridgehead atoms. The maximum Gasteiger partial charge on any atom is 0.346 e. The average molecular weight is 411 g/mol. The monoisotopic (exact) mass is 411 g/mol. The highest BCUT2D eigenvalue weighted by Crippen LogP contribution is 2.14. The number of aromatic nitrogens is 4. The zero-order chi connectivity index (χ0) is 20.9. The fraction of sp³-hybridized carbons (Fsp3) is 0.333. The van der Waals surface area contributed by atoms with Crippen molar-refractivity contribution in [2.75, 3.05) is 6.61 Å². The third-order valence-electron chi connectivity index (χ3n) is 5.00. The van der Waals surface area contributed by atoms with Gasteiger partial charge in [-0.05, 0) is 36.6 Å². The van der Waals surface area contributed by atoms with E-state index in [1.54, 1.807) is 23.0 Å². The van der Waals surface area contributed by atoms with Crippen molar-refractivity contribution in [3.05, 3.63) is 76.5 Å². The summed E-state index contributed by atoms with van der Waals surface area (Å²) in [4.78, 5) is 28.9. The van der Waals surface area contributed by atoms with Gasteiger partial charge in [0, 0.05) is 37.5 Å². The van der Waals surface area contributed by atoms with Gasteiger partial charge in [0.1, 0.15) is 17.4 Å². The maximum absolute atomic E-state index is 13.2. The Kier molecular flexibility index (Phi) is 5.87. The van der Waals surface area contributed by atoms with Crippen LogP contribution in [-0.2, 0) is 24.3 Å². The molecule has 0 radical (unpaired) electrons. The van der Waals surface area contributed by atoms with Gasteiger partial charge in [-0.15, -0.1) is 0 Å². The maximum atomic E-state index is 13.2. The number of aryl methyl sites for hydroxylation is 1. The fourth-order valence-corrected chi connectivity index (χ4v) is 3.52. The number of amides is 1. The van der Waals surface area contributed by atoms with E-state index in [4.69, 9.17) is 4.74 Å². The van der Waals surface area contributed by atoms with Crippen LogP contribution in [-0.4, -0.2) is 37.9 Å². The van der Waals surface area contributed by atoms with E-state index in [-0.39, 0.29) is 24.2 Å². The van der Waals surface area contributed by atoms with Crippen LogP contribution in [0.15, 0.2) is 53.6 Å². The van der Waals surface area contributed by atoms with Crippen LogP contribution in [0, 0.1) is 5.82 Å². The largest absolute Gasteiger partial charge is 0.484 e. The molecule has 156 valence electrons. The highest BCUT2D eigenvalue weighted by Gasteiger charge is 2.22. The van der Waals surface area contributed by atoms with Crippen LogP contribution in [0.4, 0.5) is 4.39 Å². The summed E-state index contributed by atoms with van der Waals surface area (Å²) < 4.78 is 21.6. The zero-order valence-electron chi connectivity index (χ0n) is 16.3. The van der Waals surface area contributed by atoms with Crippen molar-refractivity contribution in [1.29, 1.82) is 0 Å². The van der Waals surface area contributed by atoms with Gasteiger partial charge in [0.25, 0.3) is 5.91 Å². The standard InChI is InChI=1S/C21H22FN5O3/c22-16-4-1-5-18(11-16)30-14-20(28)24-17-6-7-19-25-27(21(29)26(19)10-8-17)13-15-3-2-9-23-12-15/h1-5,9,11-12,17H,6-8,10,13-14H2,(H,24,28). The molecule has 1 unspecified atom stereocenters. The molecule has 0 spiro atoms. The first-order chi connectivity index (χ1) is 14.6. The Bertz CT molecular complexity index is 1080. The molecule has 1 atom stereocenters. The van der Waals surface area contributed by atoms with E-state index in [0.29, 0.717) is 38.1 Å². The summed E-state index contributed by atoms with van der Waals surface area (Å²) in [6.45, 7) is 0.670. The van der Waals surface area contributed by atoms with Crippen LogP contribution in [0.3, 0.4) is 0 Å². The molecule has 1 aliphatic rings. The first-order valence-electron chi connectivity index (χ1n) is 9.81. The third kappa shape index (κ3) is 4.73. The van der Waals surface area contributed by atoms with E-state index in [9.17, 15) is 14.0 Å². The number of hydrogen-bond donors (Lipinski definition) is 1. The molecule has 30 heavy (non-hydrogen) atoms. The molecule has 3 heterocycles. The molecular weight excluding hydrogens is 389 g/mol. The quantitative estimate of drug-likeness (QED) is 0.664. The highest BCUT2D eigenvalue weighted by molar-refractivity contribution is 5.77. The predicted molar refractivity (Wildman–Crippen MR) is 107 cm³/mol. The van der Waals surface area contributed by atoms with Gasteiger partial charge in [0.15, 0.2) is 6.61 Å². The van der Waals surface area contributed by atoms with Crippen molar-refractivity contribution in [1.82, 2.24) is 24.6 Å². The molecule has 0 saturated carbocycles. The molecule has 1 amide bonds. The fourth-order valence-electron chi connectivity index (χ4n) is 3.52. The van der Waals surface area contributed by atoms with Crippen molar-refractivity contribution in [2.45, 2.75) is 38.4 Å². The SMILES string of the molecule is O=C(COc1cccc(F)c1)NC1CCc2nn(Cc3cccnc3)c(=O)n2CC1. The van der Waals surface area contributed by atoms with Gasteiger partial charge < -0.3 is 10.1 Å². The molecule has 1 aliphatic heterocycles. The summed E-state index contributed by atoms with van der Waals surface area (Å²) in [7, 11) is 0. The number of fused-ring (bicyclic) bond motifs is 1. The summed E-state index contributed by atoms with van der Waals surface area (Å²) in [5.41, 5.74) is 0.756. The average Bonchev–Trinajstić information content (AvgIpc) is 2.90. The lowest BCUT2D eigenvalue weighted by Crippen LogP contribution is -2.38. The Morgan fingerprint density at radius 3 is 2.97 bits per heavy atom. The Morgan fingerprint density at radius 2 is 2.17 bits per heavy atom. The van der Waals surface area contributed by atoms with Gasteiger partial charge in [0.05, 0.1) is 6.54 Å². The van der Waals surface area contributed by atoms with E-state index in [2.05, 4.69) is 15.4 Å². The van der Waals surface area contributed by atoms with Crippen LogP contribution >= 0.6 is 0 Å². The number of pyridine rings is 1. The van der Waals surface area contributed by atoms with E-state index in [1.165, 1.54) is 22.9 Å². The molecule has 0 fully saturated rings. The number of nitrogens with one attached hydrogen (secondary N) is 1. The van der Waals surface area contributed by atoms with Crippen LogP contribution in [0.5, 0.6) is 5.75 Å². The molecule has 0 aliphatic carbocycles. The first kappa shape index (κ1) is 19.8. The number of benzene rings is 1. The molecule has 8 nitrogen and oxygen atoms in total. The number of nitrogens with zero attached hydrogens (tertiary/aromatic N) is 4.